The van der Waals surface area contributed by atoms with Gasteiger partial charge < -0.3 is 24.8 Å². The van der Waals surface area contributed by atoms with E-state index in [0.717, 1.165) is 22.3 Å². The van der Waals surface area contributed by atoms with Crippen molar-refractivity contribution in [2.75, 3.05) is 20.3 Å². The van der Waals surface area contributed by atoms with Crippen LogP contribution in [0.1, 0.15) is 49.7 Å². The molecular weight excluding hydrogens is 448 g/mol. The van der Waals surface area contributed by atoms with Gasteiger partial charge in [0.2, 0.25) is 5.91 Å². The zero-order valence-corrected chi connectivity index (χ0v) is 20.1. The monoisotopic (exact) mass is 480 g/mol. The third-order valence-corrected chi connectivity index (χ3v) is 7.03. The minimum Gasteiger partial charge on any atom is -0.481 e. The number of ether oxygens (including phenoxy) is 2. The normalized spacial score (nSPS) is 20.0. The Labute approximate surface area is 205 Å². The number of rotatable bonds is 8. The Balaban J connectivity index is 1.42. The third kappa shape index (κ3) is 5.48. The topological polar surface area (TPSA) is 105 Å². The molecule has 8 heteroatoms. The Bertz CT molecular complexity index is 1040. The van der Waals surface area contributed by atoms with Crippen LogP contribution in [0, 0.1) is 0 Å². The van der Waals surface area contributed by atoms with Crippen molar-refractivity contribution in [3.05, 3.63) is 59.7 Å². The highest BCUT2D eigenvalue weighted by molar-refractivity contribution is 5.86. The maximum absolute atomic E-state index is 13.3. The van der Waals surface area contributed by atoms with Crippen LogP contribution in [-0.4, -0.2) is 66.4 Å². The standard InChI is InChI=1S/C27H32N2O6/c1-17-15-18(34-2)13-14-29(17)26(32)24(11-12-25(30)31)28-27(33)35-16-23-21-9-5-3-7-19(21)20-8-4-6-10-22(20)23/h3-10,17-18,23-24H,11-16H2,1-2H3,(H,28,33)(H,30,31). The fourth-order valence-electron chi connectivity index (χ4n) is 5.18. The highest BCUT2D eigenvalue weighted by atomic mass is 16.5. The average molecular weight is 481 g/mol. The second-order valence-electron chi connectivity index (χ2n) is 9.22. The van der Waals surface area contributed by atoms with E-state index in [1.54, 1.807) is 12.0 Å². The predicted molar refractivity (Wildman–Crippen MR) is 130 cm³/mol. The zero-order valence-electron chi connectivity index (χ0n) is 20.1. The van der Waals surface area contributed by atoms with Crippen LogP contribution in [0.25, 0.3) is 11.1 Å². The van der Waals surface area contributed by atoms with E-state index in [1.165, 1.54) is 0 Å². The zero-order chi connectivity index (χ0) is 24.9. The van der Waals surface area contributed by atoms with Crippen LogP contribution in [-0.2, 0) is 19.1 Å². The first-order chi connectivity index (χ1) is 16.9. The Morgan fingerprint density at radius 3 is 2.29 bits per heavy atom. The first kappa shape index (κ1) is 24.7. The van der Waals surface area contributed by atoms with Crippen molar-refractivity contribution in [3.8, 4) is 11.1 Å². The van der Waals surface area contributed by atoms with E-state index in [4.69, 9.17) is 14.6 Å². The summed E-state index contributed by atoms with van der Waals surface area (Å²) in [4.78, 5) is 38.9. The molecule has 3 unspecified atom stereocenters. The predicted octanol–water partition coefficient (Wildman–Crippen LogP) is 3.78. The summed E-state index contributed by atoms with van der Waals surface area (Å²) in [5, 5.41) is 11.8. The number of carboxylic acid groups (broad SMARTS) is 1. The number of likely N-dealkylation sites (tertiary alicyclic amines) is 1. The summed E-state index contributed by atoms with van der Waals surface area (Å²) in [5.74, 6) is -1.42. The molecule has 1 saturated heterocycles. The minimum atomic E-state index is -1.02. The fraction of sp³-hybridized carbons (Fsp3) is 0.444. The number of carbonyl (C=O) groups is 3. The van der Waals surface area contributed by atoms with E-state index in [1.807, 2.05) is 43.3 Å². The number of piperidine rings is 1. The summed E-state index contributed by atoms with van der Waals surface area (Å²) in [5.41, 5.74) is 4.44. The van der Waals surface area contributed by atoms with Gasteiger partial charge in [-0.05, 0) is 48.4 Å². The average Bonchev–Trinajstić information content (AvgIpc) is 3.18. The number of nitrogens with one attached hydrogen (secondary N) is 1. The number of methoxy groups -OCH3 is 1. The van der Waals surface area contributed by atoms with Gasteiger partial charge in [-0.3, -0.25) is 9.59 Å². The highest BCUT2D eigenvalue weighted by Crippen LogP contribution is 2.44. The number of fused-ring (bicyclic) bond motifs is 3. The van der Waals surface area contributed by atoms with Crippen LogP contribution >= 0.6 is 0 Å². The quantitative estimate of drug-likeness (QED) is 0.596. The molecule has 3 atom stereocenters. The van der Waals surface area contributed by atoms with Crippen LogP contribution in [0.15, 0.2) is 48.5 Å². The van der Waals surface area contributed by atoms with Gasteiger partial charge in [0, 0.05) is 32.0 Å². The van der Waals surface area contributed by atoms with E-state index in [-0.39, 0.29) is 43.4 Å². The number of carboxylic acids is 1. The number of alkyl carbamates (subject to hydrolysis) is 1. The highest BCUT2D eigenvalue weighted by Gasteiger charge is 2.34. The molecule has 0 radical (unpaired) electrons. The van der Waals surface area contributed by atoms with E-state index in [0.29, 0.717) is 19.4 Å². The molecule has 2 aromatic rings. The number of benzene rings is 2. The van der Waals surface area contributed by atoms with Crippen molar-refractivity contribution in [1.29, 1.82) is 0 Å². The number of hydrogen-bond acceptors (Lipinski definition) is 5. The van der Waals surface area contributed by atoms with E-state index >= 15 is 0 Å². The first-order valence-electron chi connectivity index (χ1n) is 12.1. The Morgan fingerprint density at radius 1 is 1.09 bits per heavy atom. The maximum atomic E-state index is 13.3. The second kappa shape index (κ2) is 10.9. The summed E-state index contributed by atoms with van der Waals surface area (Å²) in [6.07, 6.45) is 0.511. The maximum Gasteiger partial charge on any atom is 0.407 e. The molecule has 1 heterocycles. The van der Waals surface area contributed by atoms with Gasteiger partial charge in [-0.15, -0.1) is 0 Å². The molecule has 0 spiro atoms. The molecule has 2 N–H and O–H groups in total. The molecule has 0 aromatic heterocycles. The Hall–Kier alpha value is -3.39. The van der Waals surface area contributed by atoms with Gasteiger partial charge in [-0.25, -0.2) is 4.79 Å². The van der Waals surface area contributed by atoms with Crippen LogP contribution in [0.3, 0.4) is 0 Å². The van der Waals surface area contributed by atoms with E-state index < -0.39 is 18.1 Å². The van der Waals surface area contributed by atoms with Gasteiger partial charge >= 0.3 is 12.1 Å². The van der Waals surface area contributed by atoms with Crippen molar-refractivity contribution in [1.82, 2.24) is 10.2 Å². The number of nitrogens with zero attached hydrogens (tertiary/aromatic N) is 1. The molecule has 1 aliphatic heterocycles. The summed E-state index contributed by atoms with van der Waals surface area (Å²) in [6, 6.07) is 15.0. The van der Waals surface area contributed by atoms with Crippen LogP contribution < -0.4 is 5.32 Å². The van der Waals surface area contributed by atoms with Crippen molar-refractivity contribution in [2.24, 2.45) is 0 Å². The molecule has 8 nitrogen and oxygen atoms in total. The Morgan fingerprint density at radius 2 is 1.71 bits per heavy atom. The lowest BCUT2D eigenvalue weighted by atomic mass is 9.98. The lowest BCUT2D eigenvalue weighted by Gasteiger charge is -2.39. The number of amides is 2. The van der Waals surface area contributed by atoms with Gasteiger partial charge in [-0.2, -0.15) is 0 Å². The number of carbonyl (C=O) groups excluding carboxylic acids is 2. The molecule has 1 aliphatic carbocycles. The van der Waals surface area contributed by atoms with Gasteiger partial charge in [0.15, 0.2) is 0 Å². The molecule has 4 rings (SSSR count). The van der Waals surface area contributed by atoms with Crippen LogP contribution in [0.2, 0.25) is 0 Å². The molecule has 2 aliphatic rings. The van der Waals surface area contributed by atoms with Gasteiger partial charge in [0.25, 0.3) is 0 Å². The van der Waals surface area contributed by atoms with Crippen molar-refractivity contribution in [3.63, 3.8) is 0 Å². The molecule has 0 saturated carbocycles. The van der Waals surface area contributed by atoms with Gasteiger partial charge in [0.1, 0.15) is 12.6 Å². The smallest absolute Gasteiger partial charge is 0.407 e. The lowest BCUT2D eigenvalue weighted by Crippen LogP contribution is -2.54. The second-order valence-corrected chi connectivity index (χ2v) is 9.22. The van der Waals surface area contributed by atoms with Gasteiger partial charge in [0.05, 0.1) is 6.10 Å². The molecule has 2 aromatic carbocycles. The summed E-state index contributed by atoms with van der Waals surface area (Å²) >= 11 is 0. The molecule has 0 bridgehead atoms. The first-order valence-corrected chi connectivity index (χ1v) is 12.1. The molecule has 186 valence electrons. The molecule has 2 amide bonds. The van der Waals surface area contributed by atoms with Crippen LogP contribution in [0.4, 0.5) is 4.79 Å². The number of aliphatic carboxylic acids is 1. The van der Waals surface area contributed by atoms with Crippen molar-refractivity contribution in [2.45, 2.75) is 56.7 Å². The van der Waals surface area contributed by atoms with Crippen LogP contribution in [0.5, 0.6) is 0 Å². The summed E-state index contributed by atoms with van der Waals surface area (Å²) in [6.45, 7) is 2.55. The van der Waals surface area contributed by atoms with Crippen molar-refractivity contribution < 1.29 is 29.0 Å². The summed E-state index contributed by atoms with van der Waals surface area (Å²) in [7, 11) is 1.66. The minimum absolute atomic E-state index is 0.00467. The van der Waals surface area contributed by atoms with Crippen molar-refractivity contribution >= 4 is 18.0 Å². The van der Waals surface area contributed by atoms with E-state index in [9.17, 15) is 14.4 Å². The SMILES string of the molecule is COC1CCN(C(=O)C(CCC(=O)O)NC(=O)OCC2c3ccccc3-c3ccccc32)C(C)C1. The number of hydrogen-bond donors (Lipinski definition) is 2. The Kier molecular flexibility index (Phi) is 7.70. The fourth-order valence-corrected chi connectivity index (χ4v) is 5.18. The summed E-state index contributed by atoms with van der Waals surface area (Å²) < 4.78 is 11.0. The van der Waals surface area contributed by atoms with E-state index in [2.05, 4.69) is 17.4 Å². The third-order valence-electron chi connectivity index (χ3n) is 7.03. The molecular formula is C27H32N2O6. The lowest BCUT2D eigenvalue weighted by molar-refractivity contribution is -0.140. The largest absolute Gasteiger partial charge is 0.481 e. The van der Waals surface area contributed by atoms with Gasteiger partial charge in [-0.1, -0.05) is 48.5 Å². The molecule has 1 fully saturated rings. The molecule has 35 heavy (non-hydrogen) atoms.